The summed E-state index contributed by atoms with van der Waals surface area (Å²) in [6.45, 7) is 13.4. The standard InChI is InChI=1S/C16H24FN/c1-6-16(5,12-18-15(2,3)4)11-13-7-9-14(17)10-8-13/h6-10,18H,1,11-12H2,2-5H3. The quantitative estimate of drug-likeness (QED) is 0.779. The molecule has 1 N–H and O–H groups in total. The third-order valence-corrected chi connectivity index (χ3v) is 3.04. The summed E-state index contributed by atoms with van der Waals surface area (Å²) in [7, 11) is 0. The summed E-state index contributed by atoms with van der Waals surface area (Å²) >= 11 is 0. The third-order valence-electron chi connectivity index (χ3n) is 3.04. The maximum absolute atomic E-state index is 12.9. The number of benzene rings is 1. The van der Waals surface area contributed by atoms with E-state index >= 15 is 0 Å². The van der Waals surface area contributed by atoms with Gasteiger partial charge >= 0.3 is 0 Å². The molecule has 0 fully saturated rings. The molecule has 0 aliphatic rings. The number of rotatable bonds is 5. The van der Waals surface area contributed by atoms with Gasteiger partial charge in [-0.05, 0) is 44.9 Å². The third kappa shape index (κ3) is 5.01. The van der Waals surface area contributed by atoms with Crippen molar-refractivity contribution in [2.45, 2.75) is 39.7 Å². The van der Waals surface area contributed by atoms with Crippen molar-refractivity contribution in [3.05, 3.63) is 48.3 Å². The van der Waals surface area contributed by atoms with Crippen LogP contribution < -0.4 is 5.32 Å². The average Bonchev–Trinajstić information content (AvgIpc) is 2.29. The van der Waals surface area contributed by atoms with Gasteiger partial charge in [0.15, 0.2) is 0 Å². The molecule has 0 aromatic heterocycles. The minimum absolute atomic E-state index is 0.0227. The van der Waals surface area contributed by atoms with Gasteiger partial charge in [0.25, 0.3) is 0 Å². The molecule has 1 nitrogen and oxygen atoms in total. The Morgan fingerprint density at radius 1 is 1.17 bits per heavy atom. The Morgan fingerprint density at radius 2 is 1.72 bits per heavy atom. The molecule has 0 amide bonds. The first-order valence-corrected chi connectivity index (χ1v) is 6.37. The zero-order valence-corrected chi connectivity index (χ0v) is 11.9. The molecule has 0 radical (unpaired) electrons. The summed E-state index contributed by atoms with van der Waals surface area (Å²) in [5.74, 6) is -0.188. The average molecular weight is 249 g/mol. The zero-order valence-electron chi connectivity index (χ0n) is 11.9. The molecular weight excluding hydrogens is 225 g/mol. The van der Waals surface area contributed by atoms with E-state index in [4.69, 9.17) is 0 Å². The summed E-state index contributed by atoms with van der Waals surface area (Å²) in [6, 6.07) is 6.70. The van der Waals surface area contributed by atoms with Gasteiger partial charge in [-0.2, -0.15) is 0 Å². The second kappa shape index (κ2) is 5.66. The van der Waals surface area contributed by atoms with E-state index in [1.54, 1.807) is 0 Å². The highest BCUT2D eigenvalue weighted by atomic mass is 19.1. The van der Waals surface area contributed by atoms with Crippen LogP contribution in [0.25, 0.3) is 0 Å². The first-order valence-electron chi connectivity index (χ1n) is 6.37. The first kappa shape index (κ1) is 14.9. The van der Waals surface area contributed by atoms with Gasteiger partial charge < -0.3 is 5.32 Å². The molecular formula is C16H24FN. The van der Waals surface area contributed by atoms with Gasteiger partial charge in [0.05, 0.1) is 0 Å². The molecule has 1 atom stereocenters. The Balaban J connectivity index is 2.70. The van der Waals surface area contributed by atoms with Crippen LogP contribution in [0.4, 0.5) is 4.39 Å². The van der Waals surface area contributed by atoms with Crippen LogP contribution >= 0.6 is 0 Å². The molecule has 0 spiro atoms. The van der Waals surface area contributed by atoms with E-state index in [0.29, 0.717) is 0 Å². The lowest BCUT2D eigenvalue weighted by Crippen LogP contribution is -2.43. The molecule has 100 valence electrons. The van der Waals surface area contributed by atoms with Crippen molar-refractivity contribution in [3.8, 4) is 0 Å². The zero-order chi connectivity index (χ0) is 13.8. The van der Waals surface area contributed by atoms with E-state index in [-0.39, 0.29) is 16.8 Å². The highest BCUT2D eigenvalue weighted by molar-refractivity contribution is 5.19. The highest BCUT2D eigenvalue weighted by Gasteiger charge is 2.23. The summed E-state index contributed by atoms with van der Waals surface area (Å²) in [5.41, 5.74) is 1.20. The van der Waals surface area contributed by atoms with Crippen LogP contribution in [0.1, 0.15) is 33.3 Å². The van der Waals surface area contributed by atoms with Crippen molar-refractivity contribution >= 4 is 0 Å². The Hall–Kier alpha value is -1.15. The van der Waals surface area contributed by atoms with Crippen LogP contribution in [0, 0.1) is 11.2 Å². The topological polar surface area (TPSA) is 12.0 Å². The van der Waals surface area contributed by atoms with Crippen molar-refractivity contribution in [3.63, 3.8) is 0 Å². The molecule has 0 aliphatic carbocycles. The molecule has 0 bridgehead atoms. The molecule has 0 heterocycles. The second-order valence-electron chi connectivity index (χ2n) is 6.26. The van der Waals surface area contributed by atoms with Crippen molar-refractivity contribution in [2.75, 3.05) is 6.54 Å². The molecule has 0 saturated heterocycles. The van der Waals surface area contributed by atoms with Gasteiger partial charge in [-0.1, -0.05) is 25.1 Å². The van der Waals surface area contributed by atoms with Crippen LogP contribution in [-0.2, 0) is 6.42 Å². The van der Waals surface area contributed by atoms with Gasteiger partial charge in [0.2, 0.25) is 0 Å². The van der Waals surface area contributed by atoms with Crippen molar-refractivity contribution in [2.24, 2.45) is 5.41 Å². The van der Waals surface area contributed by atoms with Crippen LogP contribution in [0.15, 0.2) is 36.9 Å². The predicted molar refractivity (Wildman–Crippen MR) is 76.2 cm³/mol. The lowest BCUT2D eigenvalue weighted by molar-refractivity contribution is 0.322. The SMILES string of the molecule is C=CC(C)(CNC(C)(C)C)Cc1ccc(F)cc1. The predicted octanol–water partition coefficient (Wildman–Crippen LogP) is 3.95. The summed E-state index contributed by atoms with van der Waals surface area (Å²) < 4.78 is 12.9. The minimum Gasteiger partial charge on any atom is -0.311 e. The van der Waals surface area contributed by atoms with E-state index in [9.17, 15) is 4.39 Å². The fraction of sp³-hybridized carbons (Fsp3) is 0.500. The molecule has 1 aromatic carbocycles. The van der Waals surface area contributed by atoms with Gasteiger partial charge in [0.1, 0.15) is 5.82 Å². The fourth-order valence-electron chi connectivity index (χ4n) is 1.74. The number of halogens is 1. The van der Waals surface area contributed by atoms with Gasteiger partial charge in [-0.25, -0.2) is 4.39 Å². The Labute approximate surface area is 110 Å². The Bertz CT molecular complexity index is 389. The molecule has 18 heavy (non-hydrogen) atoms. The molecule has 0 aliphatic heterocycles. The maximum atomic E-state index is 12.9. The van der Waals surface area contributed by atoms with Crippen molar-refractivity contribution in [1.29, 1.82) is 0 Å². The largest absolute Gasteiger partial charge is 0.311 e. The minimum atomic E-state index is -0.188. The van der Waals surface area contributed by atoms with Crippen molar-refractivity contribution < 1.29 is 4.39 Å². The molecule has 2 heteroatoms. The van der Waals surface area contributed by atoms with Gasteiger partial charge in [0, 0.05) is 17.5 Å². The van der Waals surface area contributed by atoms with E-state index in [1.807, 2.05) is 18.2 Å². The summed E-state index contributed by atoms with van der Waals surface area (Å²) in [5, 5.41) is 3.50. The van der Waals surface area contributed by atoms with Crippen LogP contribution in [0.2, 0.25) is 0 Å². The summed E-state index contributed by atoms with van der Waals surface area (Å²) in [6.07, 6.45) is 2.84. The molecule has 0 saturated carbocycles. The van der Waals surface area contributed by atoms with Crippen LogP contribution in [-0.4, -0.2) is 12.1 Å². The van der Waals surface area contributed by atoms with Gasteiger partial charge in [-0.3, -0.25) is 0 Å². The van der Waals surface area contributed by atoms with E-state index in [0.717, 1.165) is 18.5 Å². The molecule has 1 unspecified atom stereocenters. The fourth-order valence-corrected chi connectivity index (χ4v) is 1.74. The van der Waals surface area contributed by atoms with Crippen LogP contribution in [0.3, 0.4) is 0 Å². The smallest absolute Gasteiger partial charge is 0.123 e. The van der Waals surface area contributed by atoms with Crippen LogP contribution in [0.5, 0.6) is 0 Å². The normalized spacial score (nSPS) is 15.2. The highest BCUT2D eigenvalue weighted by Crippen LogP contribution is 2.24. The van der Waals surface area contributed by atoms with Gasteiger partial charge in [-0.15, -0.1) is 6.58 Å². The lowest BCUT2D eigenvalue weighted by Gasteiger charge is -2.31. The first-order chi connectivity index (χ1) is 8.24. The summed E-state index contributed by atoms with van der Waals surface area (Å²) in [4.78, 5) is 0. The van der Waals surface area contributed by atoms with E-state index in [1.165, 1.54) is 12.1 Å². The lowest BCUT2D eigenvalue weighted by atomic mass is 9.83. The number of nitrogens with one attached hydrogen (secondary N) is 1. The monoisotopic (exact) mass is 249 g/mol. The number of hydrogen-bond donors (Lipinski definition) is 1. The van der Waals surface area contributed by atoms with E-state index in [2.05, 4.69) is 39.6 Å². The molecule has 1 rings (SSSR count). The Morgan fingerprint density at radius 3 is 2.17 bits per heavy atom. The van der Waals surface area contributed by atoms with E-state index < -0.39 is 0 Å². The Kier molecular flexibility index (Phi) is 4.69. The van der Waals surface area contributed by atoms with Crippen molar-refractivity contribution in [1.82, 2.24) is 5.32 Å². The maximum Gasteiger partial charge on any atom is 0.123 e. The number of hydrogen-bond acceptors (Lipinski definition) is 1. The second-order valence-corrected chi connectivity index (χ2v) is 6.26. The molecule has 1 aromatic rings.